The number of anilines is 1. The molecule has 24 heavy (non-hydrogen) atoms. The number of aromatic nitrogens is 3. The molecule has 2 rings (SSSR count). The van der Waals surface area contributed by atoms with Crippen LogP contribution >= 0.6 is 0 Å². The third kappa shape index (κ3) is 5.34. The molecule has 1 unspecified atom stereocenters. The number of hydrogen-bond acceptors (Lipinski definition) is 4. The summed E-state index contributed by atoms with van der Waals surface area (Å²) in [5, 5.41) is 19.2. The van der Waals surface area contributed by atoms with E-state index in [2.05, 4.69) is 20.7 Å². The second-order valence-corrected chi connectivity index (χ2v) is 6.75. The maximum Gasteiger partial charge on any atom is 0.319 e. The maximum atomic E-state index is 12.0. The van der Waals surface area contributed by atoms with Gasteiger partial charge in [-0.25, -0.2) is 4.79 Å². The first-order valence-electron chi connectivity index (χ1n) is 7.99. The lowest BCUT2D eigenvalue weighted by molar-refractivity contribution is 0.217. The molecule has 2 heterocycles. The average molecular weight is 331 g/mol. The highest BCUT2D eigenvalue weighted by Crippen LogP contribution is 2.15. The van der Waals surface area contributed by atoms with Gasteiger partial charge in [-0.2, -0.15) is 5.10 Å². The number of nitrogens with zero attached hydrogens (tertiary/aromatic N) is 3. The van der Waals surface area contributed by atoms with Crippen molar-refractivity contribution in [3.05, 3.63) is 42.5 Å². The van der Waals surface area contributed by atoms with Gasteiger partial charge < -0.3 is 15.7 Å². The van der Waals surface area contributed by atoms with Gasteiger partial charge >= 0.3 is 6.03 Å². The van der Waals surface area contributed by atoms with Crippen LogP contribution in [0.25, 0.3) is 0 Å². The molecule has 0 bridgehead atoms. The van der Waals surface area contributed by atoms with Crippen LogP contribution in [-0.2, 0) is 12.0 Å². The van der Waals surface area contributed by atoms with Gasteiger partial charge in [0.15, 0.2) is 0 Å². The summed E-state index contributed by atoms with van der Waals surface area (Å²) in [6.07, 6.45) is 5.73. The molecule has 0 aromatic carbocycles. The van der Waals surface area contributed by atoms with Crippen molar-refractivity contribution in [1.82, 2.24) is 20.1 Å². The Balaban J connectivity index is 1.82. The average Bonchev–Trinajstić information content (AvgIpc) is 3.01. The van der Waals surface area contributed by atoms with Gasteiger partial charge in [-0.15, -0.1) is 0 Å². The summed E-state index contributed by atoms with van der Waals surface area (Å²) in [5.74, 6) is -0.0806. The van der Waals surface area contributed by atoms with Gasteiger partial charge in [-0.05, 0) is 39.3 Å². The highest BCUT2D eigenvalue weighted by Gasteiger charge is 2.15. The van der Waals surface area contributed by atoms with Gasteiger partial charge in [0.1, 0.15) is 0 Å². The van der Waals surface area contributed by atoms with Crippen LogP contribution in [0.2, 0.25) is 0 Å². The summed E-state index contributed by atoms with van der Waals surface area (Å²) in [6, 6.07) is 5.34. The summed E-state index contributed by atoms with van der Waals surface area (Å²) >= 11 is 0. The van der Waals surface area contributed by atoms with E-state index >= 15 is 0 Å². The van der Waals surface area contributed by atoms with Gasteiger partial charge in [-0.1, -0.05) is 6.07 Å². The number of amides is 2. The molecule has 0 spiro atoms. The lowest BCUT2D eigenvalue weighted by Gasteiger charge is -2.18. The zero-order valence-electron chi connectivity index (χ0n) is 14.4. The number of nitrogens with one attached hydrogen (secondary N) is 2. The summed E-state index contributed by atoms with van der Waals surface area (Å²) < 4.78 is 1.79. The minimum Gasteiger partial charge on any atom is -0.396 e. The fourth-order valence-electron chi connectivity index (χ4n) is 2.18. The number of rotatable bonds is 6. The fraction of sp³-hybridized carbons (Fsp3) is 0.471. The number of pyridine rings is 1. The lowest BCUT2D eigenvalue weighted by Crippen LogP contribution is -2.35. The van der Waals surface area contributed by atoms with Crippen LogP contribution in [0.1, 0.15) is 26.5 Å². The van der Waals surface area contributed by atoms with Gasteiger partial charge in [-0.3, -0.25) is 9.67 Å². The molecule has 7 nitrogen and oxygen atoms in total. The van der Waals surface area contributed by atoms with E-state index in [1.165, 1.54) is 0 Å². The Labute approximate surface area is 142 Å². The minimum absolute atomic E-state index is 0.0151. The SMILES string of the molecule is CC(C)(C)n1cc(NC(=O)NCC(CO)Cc2ccccn2)cn1. The van der Waals surface area contributed by atoms with Crippen LogP contribution < -0.4 is 10.6 Å². The molecule has 2 aromatic rings. The first-order valence-corrected chi connectivity index (χ1v) is 7.99. The van der Waals surface area contributed by atoms with Gasteiger partial charge in [0, 0.05) is 37.2 Å². The zero-order chi connectivity index (χ0) is 17.6. The van der Waals surface area contributed by atoms with E-state index in [0.29, 0.717) is 18.7 Å². The molecule has 0 saturated heterocycles. The van der Waals surface area contributed by atoms with Crippen molar-refractivity contribution in [2.75, 3.05) is 18.5 Å². The third-order valence-corrected chi connectivity index (χ3v) is 3.56. The number of aliphatic hydroxyl groups excluding tert-OH is 1. The number of hydrogen-bond donors (Lipinski definition) is 3. The molecule has 0 aliphatic carbocycles. The molecule has 2 aromatic heterocycles. The predicted octanol–water partition coefficient (Wildman–Crippen LogP) is 2.01. The van der Waals surface area contributed by atoms with Crippen LogP contribution in [0.5, 0.6) is 0 Å². The van der Waals surface area contributed by atoms with Crippen LogP contribution in [0.4, 0.5) is 10.5 Å². The standard InChI is InChI=1S/C17H25N5O2/c1-17(2,3)22-11-15(10-20-22)21-16(24)19-9-13(12-23)8-14-6-4-5-7-18-14/h4-7,10-11,13,23H,8-9,12H2,1-3H3,(H2,19,21,24). The van der Waals surface area contributed by atoms with E-state index in [1.54, 1.807) is 23.3 Å². The Morgan fingerprint density at radius 1 is 1.38 bits per heavy atom. The van der Waals surface area contributed by atoms with Crippen LogP contribution in [0.15, 0.2) is 36.8 Å². The van der Waals surface area contributed by atoms with Crippen molar-refractivity contribution in [2.45, 2.75) is 32.7 Å². The smallest absolute Gasteiger partial charge is 0.319 e. The van der Waals surface area contributed by atoms with Crippen molar-refractivity contribution in [2.24, 2.45) is 5.92 Å². The maximum absolute atomic E-state index is 12.0. The van der Waals surface area contributed by atoms with E-state index in [0.717, 1.165) is 5.69 Å². The first kappa shape index (κ1) is 17.9. The Morgan fingerprint density at radius 2 is 2.17 bits per heavy atom. The topological polar surface area (TPSA) is 92.1 Å². The first-order chi connectivity index (χ1) is 11.4. The lowest BCUT2D eigenvalue weighted by atomic mass is 10.0. The van der Waals surface area contributed by atoms with Crippen molar-refractivity contribution >= 4 is 11.7 Å². The molecule has 1 atom stereocenters. The minimum atomic E-state index is -0.317. The van der Waals surface area contributed by atoms with E-state index in [-0.39, 0.29) is 24.1 Å². The summed E-state index contributed by atoms with van der Waals surface area (Å²) in [5.41, 5.74) is 1.39. The van der Waals surface area contributed by atoms with E-state index < -0.39 is 0 Å². The zero-order valence-corrected chi connectivity index (χ0v) is 14.4. The second-order valence-electron chi connectivity index (χ2n) is 6.75. The molecule has 0 aliphatic rings. The van der Waals surface area contributed by atoms with E-state index in [4.69, 9.17) is 0 Å². The number of aliphatic hydroxyl groups is 1. The fourth-order valence-corrected chi connectivity index (χ4v) is 2.18. The van der Waals surface area contributed by atoms with Gasteiger partial charge in [0.25, 0.3) is 0 Å². The molecule has 0 aliphatic heterocycles. The molecule has 0 fully saturated rings. The molecule has 7 heteroatoms. The number of carbonyl (C=O) groups is 1. The highest BCUT2D eigenvalue weighted by molar-refractivity contribution is 5.88. The van der Waals surface area contributed by atoms with Crippen LogP contribution in [0, 0.1) is 5.92 Å². The van der Waals surface area contributed by atoms with Gasteiger partial charge in [0.05, 0.1) is 17.4 Å². The molecular formula is C17H25N5O2. The van der Waals surface area contributed by atoms with Gasteiger partial charge in [0.2, 0.25) is 0 Å². The summed E-state index contributed by atoms with van der Waals surface area (Å²) in [7, 11) is 0. The quantitative estimate of drug-likeness (QED) is 0.755. The van der Waals surface area contributed by atoms with E-state index in [1.807, 2.05) is 39.0 Å². The largest absolute Gasteiger partial charge is 0.396 e. The molecular weight excluding hydrogens is 306 g/mol. The van der Waals surface area contributed by atoms with Crippen molar-refractivity contribution in [3.8, 4) is 0 Å². The number of urea groups is 1. The molecule has 2 amide bonds. The summed E-state index contributed by atoms with van der Waals surface area (Å²) in [4.78, 5) is 16.2. The van der Waals surface area contributed by atoms with Crippen molar-refractivity contribution in [1.29, 1.82) is 0 Å². The molecule has 0 radical (unpaired) electrons. The number of carbonyl (C=O) groups excluding carboxylic acids is 1. The Kier molecular flexibility index (Phi) is 5.92. The Morgan fingerprint density at radius 3 is 2.75 bits per heavy atom. The second kappa shape index (κ2) is 7.92. The van der Waals surface area contributed by atoms with Crippen molar-refractivity contribution in [3.63, 3.8) is 0 Å². The van der Waals surface area contributed by atoms with E-state index in [9.17, 15) is 9.90 Å². The van der Waals surface area contributed by atoms with Crippen LogP contribution in [-0.4, -0.2) is 39.1 Å². The Hall–Kier alpha value is -2.41. The third-order valence-electron chi connectivity index (χ3n) is 3.56. The summed E-state index contributed by atoms with van der Waals surface area (Å²) in [6.45, 7) is 6.46. The normalized spacial score (nSPS) is 12.7. The van der Waals surface area contributed by atoms with Crippen LogP contribution in [0.3, 0.4) is 0 Å². The predicted molar refractivity (Wildman–Crippen MR) is 92.8 cm³/mol. The molecule has 0 saturated carbocycles. The monoisotopic (exact) mass is 331 g/mol. The molecule has 3 N–H and O–H groups in total. The van der Waals surface area contributed by atoms with Crippen molar-refractivity contribution < 1.29 is 9.90 Å². The highest BCUT2D eigenvalue weighted by atomic mass is 16.3. The Bertz CT molecular complexity index is 649. The molecule has 130 valence electrons.